The van der Waals surface area contributed by atoms with Crippen LogP contribution >= 0.6 is 0 Å². The number of carboxylic acids is 1. The zero-order valence-corrected chi connectivity index (χ0v) is 22.5. The predicted molar refractivity (Wildman–Crippen MR) is 132 cm³/mol. The molecule has 0 aliphatic carbocycles. The van der Waals surface area contributed by atoms with Gasteiger partial charge in [-0.25, -0.2) is 9.59 Å². The number of benzene rings is 1. The minimum absolute atomic E-state index is 0.00543. The molecule has 1 aromatic rings. The van der Waals surface area contributed by atoms with Gasteiger partial charge in [-0.15, -0.1) is 0 Å². The van der Waals surface area contributed by atoms with E-state index in [1.807, 2.05) is 13.8 Å². The lowest BCUT2D eigenvalue weighted by Gasteiger charge is -2.32. The maximum absolute atomic E-state index is 12.5. The van der Waals surface area contributed by atoms with Gasteiger partial charge in [0.2, 0.25) is 0 Å². The summed E-state index contributed by atoms with van der Waals surface area (Å²) in [4.78, 5) is 49.3. The number of ether oxygens (including phenoxy) is 4. The Balaban J connectivity index is 3.43. The van der Waals surface area contributed by atoms with Crippen LogP contribution in [0.15, 0.2) is 18.2 Å². The van der Waals surface area contributed by atoms with E-state index in [4.69, 9.17) is 18.9 Å². The average Bonchev–Trinajstić information content (AvgIpc) is 2.74. The van der Waals surface area contributed by atoms with E-state index in [0.29, 0.717) is 5.56 Å². The van der Waals surface area contributed by atoms with E-state index in [0.717, 1.165) is 0 Å². The van der Waals surface area contributed by atoms with Crippen LogP contribution in [0.3, 0.4) is 0 Å². The number of esters is 2. The molecule has 10 nitrogen and oxygen atoms in total. The van der Waals surface area contributed by atoms with Gasteiger partial charge in [-0.2, -0.15) is 0 Å². The number of carbonyl (C=O) groups excluding carboxylic acids is 3. The molecule has 0 fully saturated rings. The van der Waals surface area contributed by atoms with Gasteiger partial charge >= 0.3 is 24.1 Å². The smallest absolute Gasteiger partial charge is 0.477 e. The molecule has 36 heavy (non-hydrogen) atoms. The lowest BCUT2D eigenvalue weighted by atomic mass is 10.0. The number of hydrogen-bond acceptors (Lipinski definition) is 9. The number of carbonyl (C=O) groups is 4. The molecule has 0 aliphatic heterocycles. The fraction of sp³-hybridized carbons (Fsp3) is 0.615. The summed E-state index contributed by atoms with van der Waals surface area (Å²) in [6, 6.07) is 3.90. The van der Waals surface area contributed by atoms with Crippen LogP contribution in [0.5, 0.6) is 11.5 Å². The molecule has 0 spiro atoms. The van der Waals surface area contributed by atoms with Gasteiger partial charge in [0.05, 0.1) is 11.8 Å². The Morgan fingerprint density at radius 3 is 1.83 bits per heavy atom. The van der Waals surface area contributed by atoms with Crippen molar-refractivity contribution in [2.45, 2.75) is 86.6 Å². The molecular weight excluding hydrogens is 470 g/mol. The molecule has 1 aromatic carbocycles. The Labute approximate surface area is 212 Å². The molecule has 0 aliphatic rings. The molecule has 0 aromatic heterocycles. The number of carboxylic acid groups (broad SMARTS) is 1. The van der Waals surface area contributed by atoms with Crippen LogP contribution in [0.1, 0.15) is 67.9 Å². The molecule has 0 amide bonds. The van der Waals surface area contributed by atoms with Crippen LogP contribution < -0.4 is 14.8 Å². The van der Waals surface area contributed by atoms with Crippen LogP contribution in [0.2, 0.25) is 0 Å². The van der Waals surface area contributed by atoms with E-state index in [1.165, 1.54) is 18.2 Å². The Kier molecular flexibility index (Phi) is 11.4. The highest BCUT2D eigenvalue weighted by atomic mass is 16.7. The van der Waals surface area contributed by atoms with Crippen molar-refractivity contribution in [3.05, 3.63) is 23.8 Å². The van der Waals surface area contributed by atoms with Gasteiger partial charge in [-0.05, 0) is 44.4 Å². The van der Waals surface area contributed by atoms with Crippen molar-refractivity contribution in [3.8, 4) is 11.5 Å². The topological polar surface area (TPSA) is 137 Å². The monoisotopic (exact) mass is 509 g/mol. The summed E-state index contributed by atoms with van der Waals surface area (Å²) in [5.74, 6) is -3.49. The van der Waals surface area contributed by atoms with Gasteiger partial charge in [0.25, 0.3) is 5.72 Å². The number of nitrogens with one attached hydrogen (secondary N) is 1. The quantitative estimate of drug-likeness (QED) is 0.238. The summed E-state index contributed by atoms with van der Waals surface area (Å²) >= 11 is 0. The van der Waals surface area contributed by atoms with Crippen molar-refractivity contribution in [3.63, 3.8) is 0 Å². The zero-order chi connectivity index (χ0) is 27.8. The molecule has 0 saturated carbocycles. The minimum atomic E-state index is -2.18. The summed E-state index contributed by atoms with van der Waals surface area (Å²) in [6.07, 6.45) is -1.98. The Bertz CT molecular complexity index is 939. The van der Waals surface area contributed by atoms with E-state index >= 15 is 0 Å². The molecule has 0 heterocycles. The fourth-order valence-electron chi connectivity index (χ4n) is 2.78. The van der Waals surface area contributed by atoms with Gasteiger partial charge in [0.15, 0.2) is 11.5 Å². The summed E-state index contributed by atoms with van der Waals surface area (Å²) in [7, 11) is 0. The second-order valence-corrected chi connectivity index (χ2v) is 9.96. The minimum Gasteiger partial charge on any atom is -0.477 e. The van der Waals surface area contributed by atoms with Crippen LogP contribution in [0.25, 0.3) is 0 Å². The second kappa shape index (κ2) is 13.2. The normalized spacial score (nSPS) is 13.9. The molecule has 0 saturated heterocycles. The molecule has 10 heteroatoms. The third-order valence-electron chi connectivity index (χ3n) is 5.17. The Morgan fingerprint density at radius 2 is 1.39 bits per heavy atom. The molecule has 0 radical (unpaired) electrons. The summed E-state index contributed by atoms with van der Waals surface area (Å²) in [5.41, 5.74) is -1.84. The molecule has 1 unspecified atom stereocenters. The van der Waals surface area contributed by atoms with E-state index in [-0.39, 0.29) is 29.9 Å². The highest BCUT2D eigenvalue weighted by molar-refractivity contribution is 5.81. The van der Waals surface area contributed by atoms with Crippen molar-refractivity contribution < 1.29 is 43.2 Å². The third kappa shape index (κ3) is 9.14. The first-order valence-electron chi connectivity index (χ1n) is 12.0. The van der Waals surface area contributed by atoms with E-state index < -0.39 is 47.7 Å². The predicted octanol–water partition coefficient (Wildman–Crippen LogP) is 4.33. The lowest BCUT2D eigenvalue weighted by Crippen LogP contribution is -2.59. The molecule has 0 bridgehead atoms. The van der Waals surface area contributed by atoms with E-state index in [1.54, 1.807) is 48.5 Å². The van der Waals surface area contributed by atoms with Crippen LogP contribution in [0, 0.1) is 17.8 Å². The van der Waals surface area contributed by atoms with Gasteiger partial charge in [-0.3, -0.25) is 14.9 Å². The van der Waals surface area contributed by atoms with Crippen LogP contribution in [-0.2, 0) is 30.3 Å². The first kappa shape index (κ1) is 30.9. The zero-order valence-electron chi connectivity index (χ0n) is 22.5. The maximum Gasteiger partial charge on any atom is 0.510 e. The van der Waals surface area contributed by atoms with Crippen molar-refractivity contribution in [2.24, 2.45) is 17.8 Å². The maximum atomic E-state index is 12.5. The second-order valence-electron chi connectivity index (χ2n) is 9.96. The molecular formula is C26H39NO9. The van der Waals surface area contributed by atoms with Crippen molar-refractivity contribution >= 4 is 24.1 Å². The number of hydrogen-bond donors (Lipinski definition) is 2. The van der Waals surface area contributed by atoms with E-state index in [9.17, 15) is 24.3 Å². The highest BCUT2D eigenvalue weighted by Crippen LogP contribution is 2.32. The molecule has 1 rings (SSSR count). The Morgan fingerprint density at radius 1 is 0.861 bits per heavy atom. The van der Waals surface area contributed by atoms with Gasteiger partial charge in [0.1, 0.15) is 6.10 Å². The van der Waals surface area contributed by atoms with Crippen molar-refractivity contribution in [1.29, 1.82) is 0 Å². The summed E-state index contributed by atoms with van der Waals surface area (Å²) in [6.45, 7) is 15.4. The summed E-state index contributed by atoms with van der Waals surface area (Å²) < 4.78 is 21.4. The number of rotatable bonds is 12. The van der Waals surface area contributed by atoms with Crippen molar-refractivity contribution in [2.75, 3.05) is 0 Å². The van der Waals surface area contributed by atoms with Crippen LogP contribution in [0.4, 0.5) is 4.79 Å². The van der Waals surface area contributed by atoms with Crippen LogP contribution in [-0.4, -0.2) is 47.0 Å². The molecule has 2 atom stereocenters. The lowest BCUT2D eigenvalue weighted by molar-refractivity contribution is -0.168. The summed E-state index contributed by atoms with van der Waals surface area (Å²) in [5, 5.41) is 12.9. The first-order chi connectivity index (χ1) is 16.6. The van der Waals surface area contributed by atoms with Gasteiger partial charge in [0, 0.05) is 12.5 Å². The number of aliphatic carboxylic acids is 1. The first-order valence-corrected chi connectivity index (χ1v) is 12.0. The highest BCUT2D eigenvalue weighted by Gasteiger charge is 2.44. The molecule has 202 valence electrons. The third-order valence-corrected chi connectivity index (χ3v) is 5.17. The average molecular weight is 510 g/mol. The van der Waals surface area contributed by atoms with E-state index in [2.05, 4.69) is 5.32 Å². The van der Waals surface area contributed by atoms with Crippen molar-refractivity contribution in [1.82, 2.24) is 5.32 Å². The standard InChI is InChI=1S/C26H39NO9/c1-14(2)18(9)33-25(32)36-26(24(30)31,27-17(7)8)13-19-10-11-20(34-22(28)15(3)4)21(12-19)35-23(29)16(5)6/h10-12,14-18,27H,13H2,1-9H3,(H,30,31)/t18?,26-/m0/s1. The molecule has 2 N–H and O–H groups in total. The Hall–Kier alpha value is -3.14. The largest absolute Gasteiger partial charge is 0.510 e. The van der Waals surface area contributed by atoms with Gasteiger partial charge in [-0.1, -0.05) is 47.6 Å². The fourth-order valence-corrected chi connectivity index (χ4v) is 2.78. The SMILES string of the molecule is CC(C)N[C@@](Cc1ccc(OC(=O)C(C)C)c(OC(=O)C(C)C)c1)(OC(=O)OC(C)C(C)C)C(=O)O. The van der Waals surface area contributed by atoms with Gasteiger partial charge < -0.3 is 24.1 Å².